The average molecular weight is 729 g/mol. The third-order valence-corrected chi connectivity index (χ3v) is 11.5. The number of methoxy groups -OCH3 is 1. The predicted octanol–water partition coefficient (Wildman–Crippen LogP) is 4.16. The summed E-state index contributed by atoms with van der Waals surface area (Å²) in [5, 5.41) is 5.54. The molecule has 2 N–H and O–H groups in total. The van der Waals surface area contributed by atoms with Gasteiger partial charge >= 0.3 is 12.1 Å². The molecule has 2 unspecified atom stereocenters. The van der Waals surface area contributed by atoms with Gasteiger partial charge in [0.2, 0.25) is 11.8 Å². The number of hydrogen-bond donors (Lipinski definition) is 2. The molecule has 3 amide bonds. The van der Waals surface area contributed by atoms with Crippen molar-refractivity contribution in [2.75, 3.05) is 13.7 Å². The van der Waals surface area contributed by atoms with Crippen molar-refractivity contribution >= 4 is 49.9 Å². The monoisotopic (exact) mass is 727 g/mol. The number of rotatable bonds is 10. The molecular formula is C32H46BrN3O9S. The minimum absolute atomic E-state index is 0.0811. The second-order valence-corrected chi connectivity index (χ2v) is 16.5. The average Bonchev–Trinajstić information content (AvgIpc) is 3.38. The van der Waals surface area contributed by atoms with E-state index in [1.165, 1.54) is 24.1 Å². The maximum atomic E-state index is 14.3. The van der Waals surface area contributed by atoms with Gasteiger partial charge in [0, 0.05) is 17.4 Å². The molecule has 1 heterocycles. The summed E-state index contributed by atoms with van der Waals surface area (Å²) in [5.74, 6) is -1.15. The summed E-state index contributed by atoms with van der Waals surface area (Å²) >= 11 is 3.28. The van der Waals surface area contributed by atoms with E-state index < -0.39 is 63.1 Å². The zero-order valence-electron chi connectivity index (χ0n) is 27.5. The van der Waals surface area contributed by atoms with Crippen molar-refractivity contribution in [3.63, 3.8) is 0 Å². The Morgan fingerprint density at radius 1 is 1.04 bits per heavy atom. The summed E-state index contributed by atoms with van der Waals surface area (Å²) in [5.41, 5.74) is -2.04. The van der Waals surface area contributed by atoms with Gasteiger partial charge in [-0.2, -0.15) is 8.42 Å². The molecule has 14 heteroatoms. The Hall–Kier alpha value is -2.71. The summed E-state index contributed by atoms with van der Waals surface area (Å²) < 4.78 is 43.3. The Bertz CT molecular complexity index is 1420. The fraction of sp³-hybridized carbons (Fsp3) is 0.688. The quantitative estimate of drug-likeness (QED) is 0.267. The SMILES string of the molecule is CC[C@@H]1C[C@]1(NC(=O)[C@@H]1C[C@@H](OS(=O)(=O)c2ccc(Br)cc2)CN1C(=O)[C@@H](NC(=O)OC1CC(C)[C@@H](C)C1)C(C)(C)C)C(=O)OC. The summed E-state index contributed by atoms with van der Waals surface area (Å²) in [6.45, 7) is 11.2. The zero-order chi connectivity index (χ0) is 34.2. The van der Waals surface area contributed by atoms with E-state index in [1.54, 1.807) is 32.9 Å². The molecule has 256 valence electrons. The number of nitrogens with zero attached hydrogens (tertiary/aromatic N) is 1. The molecule has 0 radical (unpaired) electrons. The van der Waals surface area contributed by atoms with Crippen LogP contribution in [0.2, 0.25) is 0 Å². The molecule has 1 aliphatic heterocycles. The van der Waals surface area contributed by atoms with E-state index in [9.17, 15) is 27.6 Å². The molecule has 0 spiro atoms. The van der Waals surface area contributed by atoms with Crippen molar-refractivity contribution in [1.82, 2.24) is 15.5 Å². The number of alkyl carbamates (subject to hydrolysis) is 1. The van der Waals surface area contributed by atoms with Gasteiger partial charge in [0.05, 0.1) is 18.1 Å². The van der Waals surface area contributed by atoms with Crippen molar-refractivity contribution in [3.05, 3.63) is 28.7 Å². The van der Waals surface area contributed by atoms with Crippen LogP contribution >= 0.6 is 15.9 Å². The number of carbonyl (C=O) groups excluding carboxylic acids is 4. The molecule has 46 heavy (non-hydrogen) atoms. The molecule has 0 bridgehead atoms. The Morgan fingerprint density at radius 2 is 1.65 bits per heavy atom. The normalized spacial score (nSPS) is 30.0. The number of hydrogen-bond acceptors (Lipinski definition) is 9. The maximum Gasteiger partial charge on any atom is 0.408 e. The molecule has 4 rings (SSSR count). The lowest BCUT2D eigenvalue weighted by atomic mass is 9.85. The second-order valence-electron chi connectivity index (χ2n) is 14.0. The molecule has 2 saturated carbocycles. The molecule has 8 atom stereocenters. The first-order valence-electron chi connectivity index (χ1n) is 15.8. The number of esters is 1. The summed E-state index contributed by atoms with van der Waals surface area (Å²) in [4.78, 5) is 55.1. The van der Waals surface area contributed by atoms with E-state index in [0.717, 1.165) is 12.8 Å². The largest absolute Gasteiger partial charge is 0.467 e. The van der Waals surface area contributed by atoms with E-state index in [2.05, 4.69) is 40.4 Å². The van der Waals surface area contributed by atoms with Crippen molar-refractivity contribution in [1.29, 1.82) is 0 Å². The van der Waals surface area contributed by atoms with Gasteiger partial charge < -0.3 is 25.0 Å². The van der Waals surface area contributed by atoms with Crippen LogP contribution in [0.3, 0.4) is 0 Å². The number of ether oxygens (including phenoxy) is 2. The van der Waals surface area contributed by atoms with Crippen molar-refractivity contribution < 1.29 is 41.3 Å². The lowest BCUT2D eigenvalue weighted by molar-refractivity contribution is -0.148. The molecule has 1 saturated heterocycles. The van der Waals surface area contributed by atoms with Crippen LogP contribution in [0.15, 0.2) is 33.6 Å². The molecule has 1 aromatic carbocycles. The van der Waals surface area contributed by atoms with Gasteiger partial charge in [-0.25, -0.2) is 9.59 Å². The van der Waals surface area contributed by atoms with E-state index in [0.29, 0.717) is 29.2 Å². The fourth-order valence-electron chi connectivity index (χ4n) is 6.56. The third kappa shape index (κ3) is 7.87. The molecule has 2 aliphatic carbocycles. The van der Waals surface area contributed by atoms with Crippen molar-refractivity contribution in [2.24, 2.45) is 23.2 Å². The number of benzene rings is 1. The van der Waals surface area contributed by atoms with Gasteiger partial charge in [-0.15, -0.1) is 0 Å². The highest BCUT2D eigenvalue weighted by molar-refractivity contribution is 9.10. The highest BCUT2D eigenvalue weighted by Gasteiger charge is 2.62. The zero-order valence-corrected chi connectivity index (χ0v) is 29.9. The van der Waals surface area contributed by atoms with Crippen LogP contribution in [0.4, 0.5) is 4.79 Å². The van der Waals surface area contributed by atoms with Gasteiger partial charge in [0.1, 0.15) is 23.7 Å². The minimum atomic E-state index is -4.26. The van der Waals surface area contributed by atoms with Crippen molar-refractivity contribution in [3.8, 4) is 0 Å². The number of likely N-dealkylation sites (tertiary alicyclic amines) is 1. The van der Waals surface area contributed by atoms with E-state index in [4.69, 9.17) is 13.7 Å². The number of nitrogens with one attached hydrogen (secondary N) is 2. The Kier molecular flexibility index (Phi) is 10.8. The van der Waals surface area contributed by atoms with E-state index >= 15 is 0 Å². The standard InChI is InChI=1S/C32H46BrN3O9S/c1-8-20-16-32(20,29(39)43-7)35-27(37)25-15-23(45-46(41,42)24-11-9-21(33)10-12-24)17-36(25)28(38)26(31(4,5)6)34-30(40)44-22-13-18(2)19(3)14-22/h9-12,18-20,22-23,25-26H,8,13-17H2,1-7H3,(H,34,40)(H,35,37)/t18-,19?,20+,22?,23+,25-,26+,32+/m0/s1. The van der Waals surface area contributed by atoms with E-state index in [1.807, 2.05) is 6.92 Å². The molecule has 0 aromatic heterocycles. The first-order valence-corrected chi connectivity index (χ1v) is 18.0. The summed E-state index contributed by atoms with van der Waals surface area (Å²) in [6, 6.07) is 3.60. The van der Waals surface area contributed by atoms with Crippen LogP contribution in [0.1, 0.15) is 73.6 Å². The molecule has 3 fully saturated rings. The first-order chi connectivity index (χ1) is 21.4. The Labute approximate surface area is 279 Å². The van der Waals surface area contributed by atoms with Crippen LogP contribution in [-0.2, 0) is 38.2 Å². The Balaban J connectivity index is 1.59. The van der Waals surface area contributed by atoms with Gasteiger partial charge in [0.25, 0.3) is 10.1 Å². The first kappa shape index (κ1) is 36.1. The lowest BCUT2D eigenvalue weighted by Crippen LogP contribution is -2.59. The van der Waals surface area contributed by atoms with Crippen molar-refractivity contribution in [2.45, 2.75) is 108 Å². The third-order valence-electron chi connectivity index (χ3n) is 9.60. The van der Waals surface area contributed by atoms with Crippen LogP contribution in [0.25, 0.3) is 0 Å². The lowest BCUT2D eigenvalue weighted by Gasteiger charge is -2.35. The van der Waals surface area contributed by atoms with Crippen LogP contribution in [0.5, 0.6) is 0 Å². The Morgan fingerprint density at radius 3 is 2.17 bits per heavy atom. The number of amides is 3. The topological polar surface area (TPSA) is 157 Å². The van der Waals surface area contributed by atoms with Gasteiger partial charge in [-0.05, 0) is 66.7 Å². The molecular weight excluding hydrogens is 682 g/mol. The van der Waals surface area contributed by atoms with Gasteiger partial charge in [-0.1, -0.05) is 63.9 Å². The van der Waals surface area contributed by atoms with Crippen LogP contribution in [-0.4, -0.2) is 80.7 Å². The summed E-state index contributed by atoms with van der Waals surface area (Å²) in [7, 11) is -3.01. The van der Waals surface area contributed by atoms with Gasteiger partial charge in [0.15, 0.2) is 0 Å². The molecule has 1 aromatic rings. The summed E-state index contributed by atoms with van der Waals surface area (Å²) in [6.07, 6.45) is 0.227. The minimum Gasteiger partial charge on any atom is -0.467 e. The van der Waals surface area contributed by atoms with Crippen LogP contribution < -0.4 is 10.6 Å². The second kappa shape index (κ2) is 13.8. The molecule has 12 nitrogen and oxygen atoms in total. The predicted molar refractivity (Wildman–Crippen MR) is 172 cm³/mol. The smallest absolute Gasteiger partial charge is 0.408 e. The fourth-order valence-corrected chi connectivity index (χ4v) is 7.90. The van der Waals surface area contributed by atoms with Gasteiger partial charge in [-0.3, -0.25) is 13.8 Å². The van der Waals surface area contributed by atoms with E-state index in [-0.39, 0.29) is 29.9 Å². The number of carbonyl (C=O) groups is 4. The molecule has 3 aliphatic rings. The maximum absolute atomic E-state index is 14.3. The number of halogens is 1. The highest BCUT2D eigenvalue weighted by Crippen LogP contribution is 2.47. The van der Waals surface area contributed by atoms with Crippen LogP contribution in [0, 0.1) is 23.2 Å². The highest BCUT2D eigenvalue weighted by atomic mass is 79.9.